The van der Waals surface area contributed by atoms with Crippen molar-refractivity contribution in [3.8, 4) is 5.88 Å². The summed E-state index contributed by atoms with van der Waals surface area (Å²) >= 11 is 5.70. The van der Waals surface area contributed by atoms with Crippen LogP contribution in [-0.4, -0.2) is 24.7 Å². The van der Waals surface area contributed by atoms with Crippen LogP contribution in [0.3, 0.4) is 0 Å². The van der Waals surface area contributed by atoms with E-state index in [1.54, 1.807) is 18.3 Å². The molecular weight excluding hydrogens is 212 g/mol. The van der Waals surface area contributed by atoms with Gasteiger partial charge in [-0.3, -0.25) is 0 Å². The smallest absolute Gasteiger partial charge is 0.213 e. The van der Waals surface area contributed by atoms with Crippen LogP contribution in [-0.2, 0) is 0 Å². The predicted octanol–water partition coefficient (Wildman–Crippen LogP) is 2.36. The Labute approximate surface area is 95.8 Å². The molecule has 0 atom stereocenters. The Bertz CT molecular complexity index is 274. The van der Waals surface area contributed by atoms with Crippen molar-refractivity contribution in [3.63, 3.8) is 0 Å². The molecule has 0 aliphatic carbocycles. The highest BCUT2D eigenvalue weighted by atomic mass is 35.5. The van der Waals surface area contributed by atoms with Gasteiger partial charge in [-0.05, 0) is 18.5 Å². The molecule has 0 spiro atoms. The van der Waals surface area contributed by atoms with Gasteiger partial charge in [-0.2, -0.15) is 0 Å². The van der Waals surface area contributed by atoms with Gasteiger partial charge in [-0.1, -0.05) is 25.4 Å². The Morgan fingerprint density at radius 2 is 2.27 bits per heavy atom. The lowest BCUT2D eigenvalue weighted by atomic mass is 10.2. The standard InChI is InChI=1S/C11H17ClN2O/c1-9(2)7-13-5-6-15-11-4-3-10(12)8-14-11/h3-4,8-9,13H,5-7H2,1-2H3. The van der Waals surface area contributed by atoms with Gasteiger partial charge in [0, 0.05) is 18.8 Å². The number of nitrogens with one attached hydrogen (secondary N) is 1. The Hall–Kier alpha value is -0.800. The lowest BCUT2D eigenvalue weighted by Gasteiger charge is -2.08. The van der Waals surface area contributed by atoms with Crippen LogP contribution in [0, 0.1) is 5.92 Å². The van der Waals surface area contributed by atoms with E-state index in [0.717, 1.165) is 13.1 Å². The van der Waals surface area contributed by atoms with Crippen LogP contribution in [0.25, 0.3) is 0 Å². The molecule has 1 N–H and O–H groups in total. The van der Waals surface area contributed by atoms with Gasteiger partial charge in [0.25, 0.3) is 0 Å². The fourth-order valence-electron chi connectivity index (χ4n) is 1.07. The van der Waals surface area contributed by atoms with E-state index < -0.39 is 0 Å². The summed E-state index contributed by atoms with van der Waals surface area (Å²) in [5, 5.41) is 3.91. The van der Waals surface area contributed by atoms with E-state index in [1.807, 2.05) is 0 Å². The van der Waals surface area contributed by atoms with Crippen LogP contribution in [0.5, 0.6) is 5.88 Å². The average Bonchev–Trinajstić information content (AvgIpc) is 2.20. The maximum absolute atomic E-state index is 5.70. The zero-order valence-corrected chi connectivity index (χ0v) is 9.92. The summed E-state index contributed by atoms with van der Waals surface area (Å²) in [5.41, 5.74) is 0. The molecule has 0 saturated carbocycles. The summed E-state index contributed by atoms with van der Waals surface area (Å²) in [6, 6.07) is 3.54. The van der Waals surface area contributed by atoms with Crippen molar-refractivity contribution in [1.82, 2.24) is 10.3 Å². The molecule has 1 aromatic rings. The number of nitrogens with zero attached hydrogens (tertiary/aromatic N) is 1. The molecule has 84 valence electrons. The van der Waals surface area contributed by atoms with Gasteiger partial charge in [0.2, 0.25) is 5.88 Å². The largest absolute Gasteiger partial charge is 0.476 e. The number of aromatic nitrogens is 1. The normalized spacial score (nSPS) is 10.7. The molecule has 0 aromatic carbocycles. The zero-order valence-electron chi connectivity index (χ0n) is 9.16. The number of halogens is 1. The highest BCUT2D eigenvalue weighted by molar-refractivity contribution is 6.30. The monoisotopic (exact) mass is 228 g/mol. The third kappa shape index (κ3) is 5.60. The first-order valence-corrected chi connectivity index (χ1v) is 5.51. The lowest BCUT2D eigenvalue weighted by Crippen LogP contribution is -2.25. The van der Waals surface area contributed by atoms with Crippen molar-refractivity contribution in [2.45, 2.75) is 13.8 Å². The third-order valence-corrected chi connectivity index (χ3v) is 2.01. The van der Waals surface area contributed by atoms with Gasteiger partial charge < -0.3 is 10.1 Å². The average molecular weight is 229 g/mol. The Kier molecular flexibility index (Phi) is 5.43. The fourth-order valence-corrected chi connectivity index (χ4v) is 1.18. The minimum atomic E-state index is 0.616. The van der Waals surface area contributed by atoms with Crippen LogP contribution in [0.4, 0.5) is 0 Å². The first-order valence-electron chi connectivity index (χ1n) is 5.13. The zero-order chi connectivity index (χ0) is 11.1. The molecule has 0 amide bonds. The van der Waals surface area contributed by atoms with Gasteiger partial charge >= 0.3 is 0 Å². The van der Waals surface area contributed by atoms with Gasteiger partial charge in [0.15, 0.2) is 0 Å². The Balaban J connectivity index is 2.12. The second-order valence-electron chi connectivity index (χ2n) is 3.76. The molecule has 3 nitrogen and oxygen atoms in total. The SMILES string of the molecule is CC(C)CNCCOc1ccc(Cl)cn1. The first kappa shape index (κ1) is 12.3. The topological polar surface area (TPSA) is 34.1 Å². The number of rotatable bonds is 6. The number of pyridine rings is 1. The van der Waals surface area contributed by atoms with E-state index in [0.29, 0.717) is 23.4 Å². The lowest BCUT2D eigenvalue weighted by molar-refractivity contribution is 0.300. The highest BCUT2D eigenvalue weighted by Crippen LogP contribution is 2.10. The van der Waals surface area contributed by atoms with E-state index in [2.05, 4.69) is 24.1 Å². The summed E-state index contributed by atoms with van der Waals surface area (Å²) in [5.74, 6) is 1.28. The summed E-state index contributed by atoms with van der Waals surface area (Å²) < 4.78 is 5.41. The van der Waals surface area contributed by atoms with Crippen molar-refractivity contribution in [1.29, 1.82) is 0 Å². The molecule has 0 bridgehead atoms. The maximum atomic E-state index is 5.70. The molecule has 4 heteroatoms. The number of ether oxygens (including phenoxy) is 1. The summed E-state index contributed by atoms with van der Waals surface area (Å²) in [6.45, 7) is 6.82. The second kappa shape index (κ2) is 6.64. The Morgan fingerprint density at radius 3 is 2.87 bits per heavy atom. The molecule has 15 heavy (non-hydrogen) atoms. The third-order valence-electron chi connectivity index (χ3n) is 1.78. The van der Waals surface area contributed by atoms with E-state index in [1.165, 1.54) is 0 Å². The van der Waals surface area contributed by atoms with Crippen molar-refractivity contribution in [2.75, 3.05) is 19.7 Å². The van der Waals surface area contributed by atoms with Crippen molar-refractivity contribution < 1.29 is 4.74 Å². The summed E-state index contributed by atoms with van der Waals surface area (Å²) in [7, 11) is 0. The Morgan fingerprint density at radius 1 is 1.47 bits per heavy atom. The van der Waals surface area contributed by atoms with E-state index in [4.69, 9.17) is 16.3 Å². The van der Waals surface area contributed by atoms with Crippen molar-refractivity contribution >= 4 is 11.6 Å². The van der Waals surface area contributed by atoms with E-state index in [9.17, 15) is 0 Å². The predicted molar refractivity (Wildman–Crippen MR) is 62.4 cm³/mol. The summed E-state index contributed by atoms with van der Waals surface area (Å²) in [6.07, 6.45) is 1.58. The fraction of sp³-hybridized carbons (Fsp3) is 0.545. The molecule has 0 unspecified atom stereocenters. The maximum Gasteiger partial charge on any atom is 0.213 e. The molecule has 0 aliphatic heterocycles. The second-order valence-corrected chi connectivity index (χ2v) is 4.20. The van der Waals surface area contributed by atoms with Gasteiger partial charge in [-0.25, -0.2) is 4.98 Å². The molecule has 0 fully saturated rings. The van der Waals surface area contributed by atoms with Crippen LogP contribution in [0.2, 0.25) is 5.02 Å². The molecular formula is C11H17ClN2O. The van der Waals surface area contributed by atoms with Crippen LogP contribution < -0.4 is 10.1 Å². The van der Waals surface area contributed by atoms with Crippen LogP contribution in [0.15, 0.2) is 18.3 Å². The minimum absolute atomic E-state index is 0.616. The molecule has 0 radical (unpaired) electrons. The van der Waals surface area contributed by atoms with Gasteiger partial charge in [0.1, 0.15) is 6.61 Å². The summed E-state index contributed by atoms with van der Waals surface area (Å²) in [4.78, 5) is 4.03. The first-order chi connectivity index (χ1) is 7.18. The van der Waals surface area contributed by atoms with E-state index >= 15 is 0 Å². The van der Waals surface area contributed by atoms with Gasteiger partial charge in [-0.15, -0.1) is 0 Å². The quantitative estimate of drug-likeness (QED) is 0.759. The van der Waals surface area contributed by atoms with Crippen molar-refractivity contribution in [2.24, 2.45) is 5.92 Å². The van der Waals surface area contributed by atoms with Gasteiger partial charge in [0.05, 0.1) is 5.02 Å². The molecule has 0 saturated heterocycles. The highest BCUT2D eigenvalue weighted by Gasteiger charge is 1.96. The molecule has 0 aliphatic rings. The van der Waals surface area contributed by atoms with Crippen molar-refractivity contribution in [3.05, 3.63) is 23.4 Å². The van der Waals surface area contributed by atoms with Crippen LogP contribution in [0.1, 0.15) is 13.8 Å². The molecule has 1 aromatic heterocycles. The molecule has 1 heterocycles. The number of hydrogen-bond donors (Lipinski definition) is 1. The van der Waals surface area contributed by atoms with Crippen LogP contribution >= 0.6 is 11.6 Å². The number of hydrogen-bond acceptors (Lipinski definition) is 3. The minimum Gasteiger partial charge on any atom is -0.476 e. The van der Waals surface area contributed by atoms with E-state index in [-0.39, 0.29) is 0 Å². The molecule has 1 rings (SSSR count).